The minimum Gasteiger partial charge on any atom is -0.313 e. The van der Waals surface area contributed by atoms with Gasteiger partial charge in [-0.15, -0.1) is 0 Å². The molecule has 0 radical (unpaired) electrons. The van der Waals surface area contributed by atoms with Crippen molar-refractivity contribution in [3.8, 4) is 22.3 Å². The van der Waals surface area contributed by atoms with Crippen LogP contribution in [-0.2, 0) is 52.1 Å². The third kappa shape index (κ3) is 16.7. The van der Waals surface area contributed by atoms with Crippen molar-refractivity contribution >= 4 is 24.9 Å². The van der Waals surface area contributed by atoms with Crippen molar-refractivity contribution in [3.05, 3.63) is 117 Å². The van der Waals surface area contributed by atoms with E-state index in [-0.39, 0.29) is 0 Å². The van der Waals surface area contributed by atoms with E-state index in [9.17, 15) is 0 Å². The number of benzene rings is 4. The molecule has 0 aliphatic carbocycles. The van der Waals surface area contributed by atoms with Crippen molar-refractivity contribution in [2.45, 2.75) is 133 Å². The molecule has 6 heteroatoms. The summed E-state index contributed by atoms with van der Waals surface area (Å²) >= 11 is 0. The Morgan fingerprint density at radius 3 is 0.929 bits per heavy atom. The second kappa shape index (κ2) is 27.1. The summed E-state index contributed by atoms with van der Waals surface area (Å²) in [6, 6.07) is 27.7. The Bertz CT molecular complexity index is 1600. The van der Waals surface area contributed by atoms with Crippen LogP contribution in [0, 0.1) is 0 Å². The van der Waals surface area contributed by atoms with Crippen LogP contribution in [0.25, 0.3) is 22.3 Å². The topological polar surface area (TPSA) is 73.5 Å². The number of hydrogen-bond acceptors (Lipinski definition) is 6. The highest BCUT2D eigenvalue weighted by molar-refractivity contribution is 5.69. The number of nitrogens with zero attached hydrogens (tertiary/aromatic N) is 4. The highest BCUT2D eigenvalue weighted by atomic mass is 14.8. The smallest absolute Gasteiger partial charge is 0.0636 e. The molecule has 6 nitrogen and oxygen atoms in total. The Balaban J connectivity index is 0.000000300. The van der Waals surface area contributed by atoms with Gasteiger partial charge in [-0.25, -0.2) is 0 Å². The summed E-state index contributed by atoms with van der Waals surface area (Å²) in [4.78, 5) is 17.7. The van der Waals surface area contributed by atoms with Crippen molar-refractivity contribution in [1.82, 2.24) is 10.6 Å². The van der Waals surface area contributed by atoms with Gasteiger partial charge in [-0.05, 0) is 194 Å². The summed E-state index contributed by atoms with van der Waals surface area (Å²) < 4.78 is 0. The lowest BCUT2D eigenvalue weighted by Gasteiger charge is -2.14. The molecular weight excluding hydrogens is 685 g/mol. The summed E-state index contributed by atoms with van der Waals surface area (Å²) in [5.41, 5.74) is 15.7. The first-order chi connectivity index (χ1) is 27.4. The van der Waals surface area contributed by atoms with E-state index in [2.05, 4.69) is 131 Å². The van der Waals surface area contributed by atoms with Crippen molar-refractivity contribution in [3.63, 3.8) is 0 Å². The molecule has 4 rings (SSSR count). The fourth-order valence-corrected chi connectivity index (χ4v) is 6.66. The third-order valence-corrected chi connectivity index (χ3v) is 9.50. The average molecular weight is 755 g/mol. The summed E-state index contributed by atoms with van der Waals surface area (Å²) in [7, 11) is 0. The fourth-order valence-electron chi connectivity index (χ4n) is 6.66. The summed E-state index contributed by atoms with van der Waals surface area (Å²) in [5.74, 6) is 0. The van der Waals surface area contributed by atoms with Crippen LogP contribution in [0.4, 0.5) is 0 Å². The first-order valence-corrected chi connectivity index (χ1v) is 21.1. The molecular formula is C50H70N6. The van der Waals surface area contributed by atoms with Crippen LogP contribution in [0.3, 0.4) is 0 Å². The molecule has 0 fully saturated rings. The van der Waals surface area contributed by atoms with Crippen LogP contribution in [-0.4, -0.2) is 37.9 Å². The zero-order valence-electron chi connectivity index (χ0n) is 35.9. The van der Waals surface area contributed by atoms with Crippen molar-refractivity contribution < 1.29 is 0 Å². The van der Waals surface area contributed by atoms with Gasteiger partial charge in [-0.3, -0.25) is 20.0 Å². The van der Waals surface area contributed by atoms with Gasteiger partial charge in [0.05, 0.1) is 26.2 Å². The lowest BCUT2D eigenvalue weighted by molar-refractivity contribution is 0.713. The van der Waals surface area contributed by atoms with E-state index in [1.807, 2.05) is 52.6 Å². The molecule has 4 aromatic rings. The van der Waals surface area contributed by atoms with Gasteiger partial charge in [0.15, 0.2) is 0 Å². The Labute approximate surface area is 340 Å². The van der Waals surface area contributed by atoms with Crippen LogP contribution in [0.5, 0.6) is 0 Å². The van der Waals surface area contributed by atoms with Gasteiger partial charge < -0.3 is 10.6 Å². The standard InChI is InChI=1S/C26H40N2.C24H30N4/c1-5-9-11-21-13-22(12-10-6-2)16-25(15-21)26-17-23(19-27-7-3)14-24(18-26)20-28-8-4;1-5-25-15-19-9-20(16-26-6-2)12-23(11-19)24-13-21(17-27-7-3)10-22(14-24)18-28-8-4/h13-18,27-28H,5-12,19-20H2,1-4H3;5-14H,15-18H2,1-4H3. The number of aliphatic imine (C=N–C) groups is 4. The van der Waals surface area contributed by atoms with E-state index in [1.165, 1.54) is 105 Å². The molecule has 56 heavy (non-hydrogen) atoms. The largest absolute Gasteiger partial charge is 0.313 e. The van der Waals surface area contributed by atoms with Gasteiger partial charge in [-0.2, -0.15) is 0 Å². The Morgan fingerprint density at radius 1 is 0.375 bits per heavy atom. The monoisotopic (exact) mass is 755 g/mol. The molecule has 0 spiro atoms. The molecule has 0 amide bonds. The fraction of sp³-hybridized carbons (Fsp3) is 0.440. The number of unbranched alkanes of at least 4 members (excludes halogenated alkanes) is 2. The number of hydrogen-bond donors (Lipinski definition) is 2. The van der Waals surface area contributed by atoms with Crippen LogP contribution in [0.2, 0.25) is 0 Å². The maximum absolute atomic E-state index is 4.41. The normalized spacial score (nSPS) is 11.7. The van der Waals surface area contributed by atoms with Gasteiger partial charge >= 0.3 is 0 Å². The Morgan fingerprint density at radius 2 is 0.643 bits per heavy atom. The maximum Gasteiger partial charge on any atom is 0.0636 e. The van der Waals surface area contributed by atoms with Crippen molar-refractivity contribution in [2.24, 2.45) is 20.0 Å². The molecule has 0 saturated heterocycles. The van der Waals surface area contributed by atoms with Crippen molar-refractivity contribution in [2.75, 3.05) is 13.1 Å². The molecule has 0 atom stereocenters. The van der Waals surface area contributed by atoms with Gasteiger partial charge in [0.25, 0.3) is 0 Å². The predicted molar refractivity (Wildman–Crippen MR) is 247 cm³/mol. The van der Waals surface area contributed by atoms with Crippen LogP contribution < -0.4 is 10.6 Å². The molecule has 0 aliphatic rings. The molecule has 2 N–H and O–H groups in total. The molecule has 0 bridgehead atoms. The molecule has 300 valence electrons. The van der Waals surface area contributed by atoms with Crippen LogP contribution in [0.1, 0.15) is 126 Å². The van der Waals surface area contributed by atoms with E-state index in [4.69, 9.17) is 0 Å². The minimum atomic E-state index is 0.681. The van der Waals surface area contributed by atoms with E-state index in [0.717, 1.165) is 26.2 Å². The zero-order valence-corrected chi connectivity index (χ0v) is 35.9. The van der Waals surface area contributed by atoms with Crippen LogP contribution >= 0.6 is 0 Å². The molecule has 0 unspecified atom stereocenters. The van der Waals surface area contributed by atoms with E-state index >= 15 is 0 Å². The van der Waals surface area contributed by atoms with Crippen molar-refractivity contribution in [1.29, 1.82) is 0 Å². The molecule has 4 aromatic carbocycles. The summed E-state index contributed by atoms with van der Waals surface area (Å²) in [6.07, 6.45) is 14.8. The van der Waals surface area contributed by atoms with E-state index < -0.39 is 0 Å². The lowest BCUT2D eigenvalue weighted by Crippen LogP contribution is -2.14. The highest BCUT2D eigenvalue weighted by Crippen LogP contribution is 2.28. The SMILES string of the molecule is CC=NCc1cc(CN=CC)cc(-c2cc(CN=CC)cc(CN=CC)c2)c1.CCCCc1cc(CCCC)cc(-c2cc(CNCC)cc(CNCC)c2)c1. The number of nitrogens with one attached hydrogen (secondary N) is 2. The molecule has 0 aromatic heterocycles. The van der Waals surface area contributed by atoms with Gasteiger partial charge in [0.2, 0.25) is 0 Å². The quantitative estimate of drug-likeness (QED) is 0.0784. The Hall–Kier alpha value is -4.52. The van der Waals surface area contributed by atoms with E-state index in [1.54, 1.807) is 0 Å². The highest BCUT2D eigenvalue weighted by Gasteiger charge is 2.09. The molecule has 0 saturated carbocycles. The van der Waals surface area contributed by atoms with E-state index in [0.29, 0.717) is 26.2 Å². The van der Waals surface area contributed by atoms with Gasteiger partial charge in [-0.1, -0.05) is 76.9 Å². The molecule has 0 aliphatic heterocycles. The number of rotatable bonds is 22. The predicted octanol–water partition coefficient (Wildman–Crippen LogP) is 12.0. The van der Waals surface area contributed by atoms with Crippen LogP contribution in [0.15, 0.2) is 92.8 Å². The third-order valence-electron chi connectivity index (χ3n) is 9.50. The zero-order chi connectivity index (χ0) is 40.4. The van der Waals surface area contributed by atoms with Gasteiger partial charge in [0.1, 0.15) is 0 Å². The summed E-state index contributed by atoms with van der Waals surface area (Å²) in [5, 5.41) is 6.97. The lowest BCUT2D eigenvalue weighted by atomic mass is 9.93. The minimum absolute atomic E-state index is 0.681. The maximum atomic E-state index is 4.41. The number of aryl methyl sites for hydroxylation is 2. The molecule has 0 heterocycles. The second-order valence-electron chi connectivity index (χ2n) is 14.3. The second-order valence-corrected chi connectivity index (χ2v) is 14.3. The first-order valence-electron chi connectivity index (χ1n) is 21.1. The summed E-state index contributed by atoms with van der Waals surface area (Å²) in [6.45, 7) is 23.3. The first kappa shape index (κ1) is 45.9. The average Bonchev–Trinajstić information content (AvgIpc) is 3.23. The van der Waals surface area contributed by atoms with Gasteiger partial charge in [0, 0.05) is 13.1 Å². The Kier molecular flexibility index (Phi) is 22.2.